The van der Waals surface area contributed by atoms with E-state index in [2.05, 4.69) is 4.72 Å². The normalized spacial score (nSPS) is 11.4. The zero-order chi connectivity index (χ0) is 12.5. The van der Waals surface area contributed by atoms with Crippen LogP contribution >= 0.6 is 11.3 Å². The smallest absolute Gasteiger partial charge is 0.271 e. The maximum Gasteiger partial charge on any atom is 0.271 e. The highest BCUT2D eigenvalue weighted by Gasteiger charge is 2.18. The SMILES string of the molecule is O=S(=O)(Nc1ccccc1F)c1ccc(F)s1. The Morgan fingerprint density at radius 3 is 2.35 bits per heavy atom. The molecule has 0 saturated carbocycles. The molecule has 0 fully saturated rings. The van der Waals surface area contributed by atoms with Crippen molar-refractivity contribution in [2.24, 2.45) is 0 Å². The van der Waals surface area contributed by atoms with Crippen LogP contribution in [0.3, 0.4) is 0 Å². The first-order chi connectivity index (χ1) is 7.99. The van der Waals surface area contributed by atoms with E-state index in [0.717, 1.165) is 18.2 Å². The molecule has 3 nitrogen and oxygen atoms in total. The highest BCUT2D eigenvalue weighted by molar-refractivity contribution is 7.94. The lowest BCUT2D eigenvalue weighted by Crippen LogP contribution is -2.12. The second-order valence-corrected chi connectivity index (χ2v) is 6.09. The third-order valence-electron chi connectivity index (χ3n) is 1.93. The van der Waals surface area contributed by atoms with E-state index in [9.17, 15) is 17.2 Å². The molecule has 2 rings (SSSR count). The Bertz CT molecular complexity index is 637. The van der Waals surface area contributed by atoms with Crippen LogP contribution in [0.5, 0.6) is 0 Å². The molecule has 7 heteroatoms. The maximum absolute atomic E-state index is 13.2. The standard InChI is InChI=1S/C10H7F2NO2S2/c11-7-3-1-2-4-8(7)13-17(14,15)10-6-5-9(12)16-10/h1-6,13H. The van der Waals surface area contributed by atoms with Gasteiger partial charge in [0.15, 0.2) is 5.13 Å². The summed E-state index contributed by atoms with van der Waals surface area (Å²) in [5, 5.41) is -0.612. The Morgan fingerprint density at radius 2 is 1.76 bits per heavy atom. The Balaban J connectivity index is 2.33. The van der Waals surface area contributed by atoms with E-state index in [0.29, 0.717) is 11.3 Å². The second kappa shape index (κ2) is 4.42. The predicted octanol–water partition coefficient (Wildman–Crippen LogP) is 2.83. The number of hydrogen-bond donors (Lipinski definition) is 1. The number of benzene rings is 1. The predicted molar refractivity (Wildman–Crippen MR) is 61.5 cm³/mol. The molecule has 1 heterocycles. The zero-order valence-corrected chi connectivity index (χ0v) is 9.99. The van der Waals surface area contributed by atoms with E-state index in [1.165, 1.54) is 18.2 Å². The minimum absolute atomic E-state index is 0.165. The summed E-state index contributed by atoms with van der Waals surface area (Å²) in [6.45, 7) is 0. The molecule has 0 unspecified atom stereocenters. The maximum atomic E-state index is 13.2. The fraction of sp³-hybridized carbons (Fsp3) is 0. The van der Waals surface area contributed by atoms with Crippen molar-refractivity contribution in [2.75, 3.05) is 4.72 Å². The van der Waals surface area contributed by atoms with Crippen LogP contribution in [0.25, 0.3) is 0 Å². The molecule has 0 aliphatic carbocycles. The number of nitrogens with one attached hydrogen (secondary N) is 1. The first kappa shape index (κ1) is 12.0. The Morgan fingerprint density at radius 1 is 1.06 bits per heavy atom. The molecule has 0 amide bonds. The fourth-order valence-corrected chi connectivity index (χ4v) is 3.25. The molecule has 0 saturated heterocycles. The third-order valence-corrected chi connectivity index (χ3v) is 4.66. The Kier molecular flexibility index (Phi) is 3.12. The van der Waals surface area contributed by atoms with Crippen LogP contribution in [0.2, 0.25) is 0 Å². The highest BCUT2D eigenvalue weighted by Crippen LogP contribution is 2.23. The van der Waals surface area contributed by atoms with Crippen molar-refractivity contribution in [3.05, 3.63) is 47.3 Å². The van der Waals surface area contributed by atoms with Gasteiger partial charge in [0.25, 0.3) is 10.0 Å². The lowest BCUT2D eigenvalue weighted by molar-refractivity contribution is 0.600. The van der Waals surface area contributed by atoms with Crippen LogP contribution in [0.4, 0.5) is 14.5 Å². The minimum atomic E-state index is -3.93. The van der Waals surface area contributed by atoms with Gasteiger partial charge in [0, 0.05) is 0 Å². The van der Waals surface area contributed by atoms with Gasteiger partial charge < -0.3 is 0 Å². The van der Waals surface area contributed by atoms with E-state index >= 15 is 0 Å². The van der Waals surface area contributed by atoms with Gasteiger partial charge in [0.05, 0.1) is 5.69 Å². The lowest BCUT2D eigenvalue weighted by atomic mass is 10.3. The number of thiophene rings is 1. The van der Waals surface area contributed by atoms with Gasteiger partial charge in [0.2, 0.25) is 0 Å². The largest absolute Gasteiger partial charge is 0.276 e. The first-order valence-electron chi connectivity index (χ1n) is 4.52. The van der Waals surface area contributed by atoms with Crippen molar-refractivity contribution in [2.45, 2.75) is 4.21 Å². The van der Waals surface area contributed by atoms with Crippen LogP contribution in [-0.2, 0) is 10.0 Å². The number of hydrogen-bond acceptors (Lipinski definition) is 3. The molecule has 0 atom stereocenters. The van der Waals surface area contributed by atoms with Crippen LogP contribution in [-0.4, -0.2) is 8.42 Å². The van der Waals surface area contributed by atoms with E-state index in [1.54, 1.807) is 0 Å². The van der Waals surface area contributed by atoms with Gasteiger partial charge in [-0.25, -0.2) is 12.8 Å². The first-order valence-corrected chi connectivity index (χ1v) is 6.82. The average molecular weight is 275 g/mol. The van der Waals surface area contributed by atoms with Gasteiger partial charge in [0.1, 0.15) is 10.0 Å². The monoisotopic (exact) mass is 275 g/mol. The highest BCUT2D eigenvalue weighted by atomic mass is 32.2. The van der Waals surface area contributed by atoms with E-state index in [4.69, 9.17) is 0 Å². The molecule has 0 aliphatic rings. The third kappa shape index (κ3) is 2.62. The summed E-state index contributed by atoms with van der Waals surface area (Å²) in [5.74, 6) is -0.687. The Hall–Kier alpha value is -1.47. The van der Waals surface area contributed by atoms with Gasteiger partial charge in [-0.2, -0.15) is 4.39 Å². The van der Waals surface area contributed by atoms with Crippen molar-refractivity contribution >= 4 is 27.0 Å². The minimum Gasteiger partial charge on any atom is -0.276 e. The second-order valence-electron chi connectivity index (χ2n) is 3.14. The number of anilines is 1. The van der Waals surface area contributed by atoms with Gasteiger partial charge in [-0.1, -0.05) is 23.5 Å². The summed E-state index contributed by atoms with van der Waals surface area (Å²) in [6.07, 6.45) is 0. The molecule has 1 aromatic heterocycles. The summed E-state index contributed by atoms with van der Waals surface area (Å²) >= 11 is 0.480. The zero-order valence-electron chi connectivity index (χ0n) is 8.35. The number of para-hydroxylation sites is 1. The molecular formula is C10H7F2NO2S2. The number of sulfonamides is 1. The summed E-state index contributed by atoms with van der Waals surface area (Å²) in [6, 6.07) is 7.53. The van der Waals surface area contributed by atoms with Crippen LogP contribution < -0.4 is 4.72 Å². The van der Waals surface area contributed by atoms with Crippen molar-refractivity contribution < 1.29 is 17.2 Å². The van der Waals surface area contributed by atoms with Crippen molar-refractivity contribution in [3.8, 4) is 0 Å². The van der Waals surface area contributed by atoms with Crippen molar-refractivity contribution in [1.29, 1.82) is 0 Å². The van der Waals surface area contributed by atoms with E-state index in [-0.39, 0.29) is 9.90 Å². The molecule has 0 radical (unpaired) electrons. The lowest BCUT2D eigenvalue weighted by Gasteiger charge is -2.06. The van der Waals surface area contributed by atoms with Gasteiger partial charge in [-0.15, -0.1) is 0 Å². The van der Waals surface area contributed by atoms with Crippen LogP contribution in [0, 0.1) is 10.9 Å². The number of rotatable bonds is 3. The summed E-state index contributed by atoms with van der Waals surface area (Å²) in [5.41, 5.74) is -0.165. The van der Waals surface area contributed by atoms with Crippen LogP contribution in [0.15, 0.2) is 40.6 Å². The van der Waals surface area contributed by atoms with Gasteiger partial charge in [-0.3, -0.25) is 4.72 Å². The van der Waals surface area contributed by atoms with Gasteiger partial charge >= 0.3 is 0 Å². The molecule has 2 aromatic rings. The summed E-state index contributed by atoms with van der Waals surface area (Å²) < 4.78 is 51.3. The summed E-state index contributed by atoms with van der Waals surface area (Å²) in [7, 11) is -3.93. The number of halogens is 2. The van der Waals surface area contributed by atoms with Gasteiger partial charge in [-0.05, 0) is 24.3 Å². The molecule has 17 heavy (non-hydrogen) atoms. The van der Waals surface area contributed by atoms with E-state index in [1.807, 2.05) is 0 Å². The average Bonchev–Trinajstić information content (AvgIpc) is 2.69. The molecule has 0 spiro atoms. The molecule has 0 aliphatic heterocycles. The van der Waals surface area contributed by atoms with Crippen molar-refractivity contribution in [3.63, 3.8) is 0 Å². The molecular weight excluding hydrogens is 268 g/mol. The summed E-state index contributed by atoms with van der Waals surface area (Å²) in [4.78, 5) is 0. The topological polar surface area (TPSA) is 46.2 Å². The fourth-order valence-electron chi connectivity index (χ4n) is 1.18. The van der Waals surface area contributed by atoms with Crippen LogP contribution in [0.1, 0.15) is 0 Å². The Labute approximate surface area is 101 Å². The van der Waals surface area contributed by atoms with Crippen molar-refractivity contribution in [1.82, 2.24) is 0 Å². The molecule has 1 N–H and O–H groups in total. The molecule has 1 aromatic carbocycles. The quantitative estimate of drug-likeness (QED) is 0.936. The molecule has 0 bridgehead atoms. The van der Waals surface area contributed by atoms with E-state index < -0.39 is 21.0 Å². The molecule has 90 valence electrons.